The van der Waals surface area contributed by atoms with Crippen LogP contribution in [0.5, 0.6) is 0 Å². The number of nitrogens with zero attached hydrogens (tertiary/aromatic N) is 1. The summed E-state index contributed by atoms with van der Waals surface area (Å²) in [7, 11) is 2.01. The van der Waals surface area contributed by atoms with Crippen molar-refractivity contribution < 1.29 is 9.53 Å². The van der Waals surface area contributed by atoms with Crippen LogP contribution in [0.25, 0.3) is 0 Å². The Morgan fingerprint density at radius 2 is 2.41 bits per heavy atom. The molecule has 1 rings (SSSR count). The van der Waals surface area contributed by atoms with Crippen molar-refractivity contribution in [3.8, 4) is 0 Å². The molecular formula is C12H25N3O2. The number of carbonyl (C=O) groups excluding carboxylic acids is 1. The van der Waals surface area contributed by atoms with E-state index in [0.717, 1.165) is 39.0 Å². The highest BCUT2D eigenvalue weighted by molar-refractivity contribution is 5.80. The Kier molecular flexibility index (Phi) is 6.47. The van der Waals surface area contributed by atoms with E-state index in [2.05, 4.69) is 17.1 Å². The number of nitrogens with one attached hydrogen (secondary N) is 1. The fourth-order valence-corrected chi connectivity index (χ4v) is 2.10. The molecule has 100 valence electrons. The van der Waals surface area contributed by atoms with Crippen molar-refractivity contribution >= 4 is 5.91 Å². The minimum Gasteiger partial charge on any atom is -0.377 e. The second kappa shape index (κ2) is 7.63. The number of hydrogen-bond donors (Lipinski definition) is 2. The molecule has 1 aliphatic rings. The van der Waals surface area contributed by atoms with Crippen LogP contribution in [0.4, 0.5) is 0 Å². The van der Waals surface area contributed by atoms with Gasteiger partial charge in [-0.2, -0.15) is 0 Å². The minimum atomic E-state index is -0.280. The van der Waals surface area contributed by atoms with E-state index in [1.807, 2.05) is 7.05 Å². The van der Waals surface area contributed by atoms with Gasteiger partial charge in [0.2, 0.25) is 5.91 Å². The third-order valence-corrected chi connectivity index (χ3v) is 3.02. The van der Waals surface area contributed by atoms with Crippen LogP contribution in [-0.2, 0) is 9.53 Å². The first-order valence-electron chi connectivity index (χ1n) is 6.46. The molecule has 0 saturated carbocycles. The van der Waals surface area contributed by atoms with Crippen LogP contribution in [0.2, 0.25) is 0 Å². The van der Waals surface area contributed by atoms with Crippen molar-refractivity contribution in [1.29, 1.82) is 0 Å². The first kappa shape index (κ1) is 14.4. The Hall–Kier alpha value is -0.650. The molecule has 0 bridgehead atoms. The van der Waals surface area contributed by atoms with Crippen LogP contribution >= 0.6 is 0 Å². The highest BCUT2D eigenvalue weighted by Crippen LogP contribution is 2.12. The quantitative estimate of drug-likeness (QED) is 0.627. The van der Waals surface area contributed by atoms with Gasteiger partial charge in [0.25, 0.3) is 0 Å². The predicted molar refractivity (Wildman–Crippen MR) is 67.7 cm³/mol. The van der Waals surface area contributed by atoms with Crippen LogP contribution in [0.1, 0.15) is 26.2 Å². The number of ether oxygens (including phenoxy) is 1. The van der Waals surface area contributed by atoms with E-state index in [9.17, 15) is 4.79 Å². The second-order valence-electron chi connectivity index (χ2n) is 4.77. The Morgan fingerprint density at radius 3 is 2.94 bits per heavy atom. The van der Waals surface area contributed by atoms with Gasteiger partial charge in [-0.15, -0.1) is 0 Å². The van der Waals surface area contributed by atoms with Gasteiger partial charge in [0.15, 0.2) is 0 Å². The minimum absolute atomic E-state index is 0.263. The van der Waals surface area contributed by atoms with E-state index in [-0.39, 0.29) is 11.9 Å². The smallest absolute Gasteiger partial charge is 0.235 e. The molecule has 2 atom stereocenters. The van der Waals surface area contributed by atoms with E-state index in [1.54, 1.807) is 0 Å². The molecule has 0 aliphatic carbocycles. The van der Waals surface area contributed by atoms with Crippen molar-refractivity contribution in [3.05, 3.63) is 0 Å². The number of nitrogens with two attached hydrogens (primary N) is 1. The van der Waals surface area contributed by atoms with Gasteiger partial charge in [-0.3, -0.25) is 4.79 Å². The summed E-state index contributed by atoms with van der Waals surface area (Å²) >= 11 is 0. The zero-order valence-corrected chi connectivity index (χ0v) is 10.9. The van der Waals surface area contributed by atoms with Crippen molar-refractivity contribution in [2.75, 3.05) is 33.3 Å². The molecule has 1 fully saturated rings. The van der Waals surface area contributed by atoms with E-state index in [0.29, 0.717) is 12.6 Å². The van der Waals surface area contributed by atoms with Crippen LogP contribution in [0.3, 0.4) is 0 Å². The summed E-state index contributed by atoms with van der Waals surface area (Å²) in [5.41, 5.74) is 5.37. The van der Waals surface area contributed by atoms with Crippen molar-refractivity contribution in [3.63, 3.8) is 0 Å². The maximum atomic E-state index is 11.3. The third-order valence-electron chi connectivity index (χ3n) is 3.02. The fraction of sp³-hybridized carbons (Fsp3) is 0.917. The van der Waals surface area contributed by atoms with Gasteiger partial charge in [0.05, 0.1) is 12.1 Å². The van der Waals surface area contributed by atoms with Gasteiger partial charge in [0.1, 0.15) is 0 Å². The lowest BCUT2D eigenvalue weighted by Crippen LogP contribution is -2.49. The van der Waals surface area contributed by atoms with Crippen LogP contribution in [-0.4, -0.2) is 56.2 Å². The molecule has 5 nitrogen and oxygen atoms in total. The number of carbonyl (C=O) groups is 1. The number of primary amides is 1. The molecule has 0 spiro atoms. The summed E-state index contributed by atoms with van der Waals surface area (Å²) in [6.45, 7) is 5.28. The summed E-state index contributed by atoms with van der Waals surface area (Å²) in [5.74, 6) is -0.280. The summed E-state index contributed by atoms with van der Waals surface area (Å²) in [5, 5.41) is 3.17. The number of amides is 1. The summed E-state index contributed by atoms with van der Waals surface area (Å²) in [6.07, 6.45) is 3.58. The second-order valence-corrected chi connectivity index (χ2v) is 4.77. The molecule has 0 aromatic rings. The van der Waals surface area contributed by atoms with Gasteiger partial charge in [-0.25, -0.2) is 0 Å². The first-order chi connectivity index (χ1) is 8.13. The Labute approximate surface area is 104 Å². The maximum Gasteiger partial charge on any atom is 0.235 e. The standard InChI is InChI=1S/C12H25N3O2/c1-3-6-14-11(12(13)16)9-15(2)8-10-5-4-7-17-10/h10-11,14H,3-9H2,1-2H3,(H2,13,16). The molecule has 17 heavy (non-hydrogen) atoms. The van der Waals surface area contributed by atoms with E-state index in [1.165, 1.54) is 0 Å². The zero-order valence-electron chi connectivity index (χ0n) is 10.9. The third kappa shape index (κ3) is 5.48. The van der Waals surface area contributed by atoms with Gasteiger partial charge >= 0.3 is 0 Å². The van der Waals surface area contributed by atoms with Gasteiger partial charge < -0.3 is 20.7 Å². The maximum absolute atomic E-state index is 11.3. The van der Waals surface area contributed by atoms with E-state index < -0.39 is 0 Å². The molecule has 1 amide bonds. The Balaban J connectivity index is 2.29. The molecule has 0 radical (unpaired) electrons. The van der Waals surface area contributed by atoms with Gasteiger partial charge in [-0.1, -0.05) is 6.92 Å². The van der Waals surface area contributed by atoms with Crippen molar-refractivity contribution in [2.24, 2.45) is 5.73 Å². The Morgan fingerprint density at radius 1 is 1.65 bits per heavy atom. The SMILES string of the molecule is CCCNC(CN(C)CC1CCCO1)C(N)=O. The highest BCUT2D eigenvalue weighted by atomic mass is 16.5. The summed E-state index contributed by atoms with van der Waals surface area (Å²) in [4.78, 5) is 13.4. The van der Waals surface area contributed by atoms with Crippen molar-refractivity contribution in [1.82, 2.24) is 10.2 Å². The largest absolute Gasteiger partial charge is 0.377 e. The lowest BCUT2D eigenvalue weighted by atomic mass is 10.2. The number of rotatable bonds is 8. The molecule has 0 aromatic carbocycles. The molecule has 1 heterocycles. The average Bonchev–Trinajstić information content (AvgIpc) is 2.76. The van der Waals surface area contributed by atoms with Gasteiger partial charge in [-0.05, 0) is 32.9 Å². The first-order valence-corrected chi connectivity index (χ1v) is 6.46. The number of likely N-dealkylation sites (N-methyl/N-ethyl adjacent to an activating group) is 1. The lowest BCUT2D eigenvalue weighted by Gasteiger charge is -2.24. The summed E-state index contributed by atoms with van der Waals surface area (Å²) in [6, 6.07) is -0.263. The van der Waals surface area contributed by atoms with Gasteiger partial charge in [0, 0.05) is 19.7 Å². The fourth-order valence-electron chi connectivity index (χ4n) is 2.10. The molecular weight excluding hydrogens is 218 g/mol. The van der Waals surface area contributed by atoms with E-state index in [4.69, 9.17) is 10.5 Å². The van der Waals surface area contributed by atoms with Crippen LogP contribution in [0.15, 0.2) is 0 Å². The normalized spacial score (nSPS) is 21.9. The Bertz CT molecular complexity index is 230. The van der Waals surface area contributed by atoms with E-state index >= 15 is 0 Å². The average molecular weight is 243 g/mol. The highest BCUT2D eigenvalue weighted by Gasteiger charge is 2.21. The lowest BCUT2D eigenvalue weighted by molar-refractivity contribution is -0.120. The predicted octanol–water partition coefficient (Wildman–Crippen LogP) is -0.0493. The zero-order chi connectivity index (χ0) is 12.7. The monoisotopic (exact) mass is 243 g/mol. The molecule has 3 N–H and O–H groups in total. The topological polar surface area (TPSA) is 67.6 Å². The van der Waals surface area contributed by atoms with Crippen LogP contribution < -0.4 is 11.1 Å². The molecule has 5 heteroatoms. The molecule has 2 unspecified atom stereocenters. The summed E-state index contributed by atoms with van der Waals surface area (Å²) < 4.78 is 5.57. The molecule has 1 saturated heterocycles. The number of hydrogen-bond acceptors (Lipinski definition) is 4. The molecule has 0 aromatic heterocycles. The molecule has 1 aliphatic heterocycles. The van der Waals surface area contributed by atoms with Crippen LogP contribution in [0, 0.1) is 0 Å². The van der Waals surface area contributed by atoms with Crippen molar-refractivity contribution in [2.45, 2.75) is 38.3 Å².